The number of aromatic nitrogens is 1. The molecule has 0 saturated carbocycles. The van der Waals surface area contributed by atoms with Crippen LogP contribution in [0.3, 0.4) is 0 Å². The van der Waals surface area contributed by atoms with Gasteiger partial charge in [-0.2, -0.15) is 13.2 Å². The SMILES string of the molecule is CCOC(=O)c1nc(C(=O)NCCCC(F)(F)F)cs1. The molecule has 1 aromatic heterocycles. The quantitative estimate of drug-likeness (QED) is 0.647. The molecule has 0 aromatic carbocycles. The molecule has 0 fully saturated rings. The van der Waals surface area contributed by atoms with Gasteiger partial charge < -0.3 is 10.1 Å². The Hall–Kier alpha value is -1.64. The number of alkyl halides is 3. The number of nitrogens with zero attached hydrogens (tertiary/aromatic N) is 1. The van der Waals surface area contributed by atoms with Crippen LogP contribution < -0.4 is 5.32 Å². The summed E-state index contributed by atoms with van der Waals surface area (Å²) in [5.74, 6) is -1.24. The maximum atomic E-state index is 11.9. The van der Waals surface area contributed by atoms with Crippen LogP contribution in [-0.2, 0) is 4.74 Å². The fourth-order valence-corrected chi connectivity index (χ4v) is 1.94. The van der Waals surface area contributed by atoms with Crippen molar-refractivity contribution in [2.45, 2.75) is 25.9 Å². The molecular formula is C11H13F3N2O3S. The second kappa shape index (κ2) is 7.22. The van der Waals surface area contributed by atoms with Crippen LogP contribution in [0.15, 0.2) is 5.38 Å². The van der Waals surface area contributed by atoms with Crippen LogP contribution in [0.4, 0.5) is 13.2 Å². The Labute approximate surface area is 117 Å². The third-order valence-corrected chi connectivity index (χ3v) is 2.93. The molecule has 1 heterocycles. The number of esters is 1. The zero-order chi connectivity index (χ0) is 15.2. The number of amides is 1. The van der Waals surface area contributed by atoms with Gasteiger partial charge in [-0.25, -0.2) is 9.78 Å². The predicted molar refractivity (Wildman–Crippen MR) is 65.7 cm³/mol. The van der Waals surface area contributed by atoms with Crippen molar-refractivity contribution in [3.05, 3.63) is 16.1 Å². The standard InChI is InChI=1S/C11H13F3N2O3S/c1-2-19-10(18)9-16-7(6-20-9)8(17)15-5-3-4-11(12,13)14/h6H,2-5H2,1H3,(H,15,17). The van der Waals surface area contributed by atoms with Crippen molar-refractivity contribution >= 4 is 23.2 Å². The summed E-state index contributed by atoms with van der Waals surface area (Å²) >= 11 is 0.943. The second-order valence-corrected chi connectivity index (χ2v) is 4.59. The monoisotopic (exact) mass is 310 g/mol. The first-order valence-electron chi connectivity index (χ1n) is 5.81. The lowest BCUT2D eigenvalue weighted by atomic mass is 10.3. The van der Waals surface area contributed by atoms with Crippen LogP contribution in [0.1, 0.15) is 40.1 Å². The molecule has 1 N–H and O–H groups in total. The molecule has 0 spiro atoms. The van der Waals surface area contributed by atoms with Crippen LogP contribution >= 0.6 is 11.3 Å². The number of hydrogen-bond acceptors (Lipinski definition) is 5. The van der Waals surface area contributed by atoms with Gasteiger partial charge in [-0.3, -0.25) is 4.79 Å². The highest BCUT2D eigenvalue weighted by Gasteiger charge is 2.26. The summed E-state index contributed by atoms with van der Waals surface area (Å²) < 4.78 is 40.4. The maximum Gasteiger partial charge on any atom is 0.389 e. The van der Waals surface area contributed by atoms with E-state index in [0.29, 0.717) is 0 Å². The molecule has 0 saturated heterocycles. The summed E-state index contributed by atoms with van der Waals surface area (Å²) in [5, 5.41) is 3.70. The third-order valence-electron chi connectivity index (χ3n) is 2.11. The highest BCUT2D eigenvalue weighted by Crippen LogP contribution is 2.20. The number of carbonyl (C=O) groups excluding carboxylic acids is 2. The van der Waals surface area contributed by atoms with Crippen molar-refractivity contribution in [1.29, 1.82) is 0 Å². The highest BCUT2D eigenvalue weighted by atomic mass is 32.1. The van der Waals surface area contributed by atoms with E-state index in [1.807, 2.05) is 0 Å². The first-order chi connectivity index (χ1) is 9.33. The van der Waals surface area contributed by atoms with Gasteiger partial charge in [-0.05, 0) is 13.3 Å². The third kappa shape index (κ3) is 5.55. The molecule has 1 rings (SSSR count). The molecule has 112 valence electrons. The fraction of sp³-hybridized carbons (Fsp3) is 0.545. The number of ether oxygens (including phenoxy) is 1. The van der Waals surface area contributed by atoms with Crippen molar-refractivity contribution in [2.75, 3.05) is 13.2 Å². The minimum Gasteiger partial charge on any atom is -0.461 e. The van der Waals surface area contributed by atoms with E-state index in [2.05, 4.69) is 10.3 Å². The zero-order valence-corrected chi connectivity index (χ0v) is 11.4. The summed E-state index contributed by atoms with van der Waals surface area (Å²) in [7, 11) is 0. The largest absolute Gasteiger partial charge is 0.461 e. The summed E-state index contributed by atoms with van der Waals surface area (Å²) in [6, 6.07) is 0. The fourth-order valence-electron chi connectivity index (χ4n) is 1.25. The van der Waals surface area contributed by atoms with Crippen LogP contribution in [-0.4, -0.2) is 36.2 Å². The smallest absolute Gasteiger partial charge is 0.389 e. The first kappa shape index (κ1) is 16.4. The molecule has 0 bridgehead atoms. The van der Waals surface area contributed by atoms with Gasteiger partial charge in [0.15, 0.2) is 0 Å². The molecular weight excluding hydrogens is 297 g/mol. The summed E-state index contributed by atoms with van der Waals surface area (Å²) in [6.07, 6.45) is -5.40. The van der Waals surface area contributed by atoms with Crippen LogP contribution in [0, 0.1) is 0 Å². The molecule has 0 radical (unpaired) electrons. The number of thiazole rings is 1. The van der Waals surface area contributed by atoms with E-state index in [1.165, 1.54) is 5.38 Å². The van der Waals surface area contributed by atoms with Gasteiger partial charge in [0.25, 0.3) is 5.91 Å². The van der Waals surface area contributed by atoms with Crippen LogP contribution in [0.25, 0.3) is 0 Å². The van der Waals surface area contributed by atoms with Crippen LogP contribution in [0.5, 0.6) is 0 Å². The molecule has 0 aliphatic heterocycles. The molecule has 0 unspecified atom stereocenters. The van der Waals surface area contributed by atoms with Gasteiger partial charge in [0.05, 0.1) is 6.61 Å². The van der Waals surface area contributed by atoms with E-state index >= 15 is 0 Å². The van der Waals surface area contributed by atoms with Gasteiger partial charge in [-0.1, -0.05) is 0 Å². The molecule has 0 aliphatic rings. The Morgan fingerprint density at radius 3 is 2.75 bits per heavy atom. The molecule has 0 aliphatic carbocycles. The minimum absolute atomic E-state index is 0.00920. The average molecular weight is 310 g/mol. The van der Waals surface area contributed by atoms with Gasteiger partial charge in [0.1, 0.15) is 5.69 Å². The highest BCUT2D eigenvalue weighted by molar-refractivity contribution is 7.11. The van der Waals surface area contributed by atoms with E-state index in [-0.39, 0.29) is 30.3 Å². The number of nitrogens with one attached hydrogen (secondary N) is 1. The van der Waals surface area contributed by atoms with Gasteiger partial charge in [-0.15, -0.1) is 11.3 Å². The van der Waals surface area contributed by atoms with Crippen molar-refractivity contribution < 1.29 is 27.5 Å². The van der Waals surface area contributed by atoms with Crippen molar-refractivity contribution in [3.8, 4) is 0 Å². The number of carbonyl (C=O) groups is 2. The Morgan fingerprint density at radius 1 is 1.45 bits per heavy atom. The van der Waals surface area contributed by atoms with Crippen LogP contribution in [0.2, 0.25) is 0 Å². The maximum absolute atomic E-state index is 11.9. The molecule has 5 nitrogen and oxygen atoms in total. The normalized spacial score (nSPS) is 11.2. The van der Waals surface area contributed by atoms with Crippen molar-refractivity contribution in [1.82, 2.24) is 10.3 Å². The van der Waals surface area contributed by atoms with E-state index in [1.54, 1.807) is 6.92 Å². The zero-order valence-electron chi connectivity index (χ0n) is 10.6. The Bertz CT molecular complexity index is 474. The Morgan fingerprint density at radius 2 is 2.15 bits per heavy atom. The molecule has 20 heavy (non-hydrogen) atoms. The van der Waals surface area contributed by atoms with Gasteiger partial charge >= 0.3 is 12.1 Å². The second-order valence-electron chi connectivity index (χ2n) is 3.73. The lowest BCUT2D eigenvalue weighted by Gasteiger charge is -2.06. The van der Waals surface area contributed by atoms with Crippen molar-refractivity contribution in [2.24, 2.45) is 0 Å². The summed E-state index contributed by atoms with van der Waals surface area (Å²) in [5.41, 5.74) is -0.00920. The van der Waals surface area contributed by atoms with E-state index in [4.69, 9.17) is 4.74 Å². The van der Waals surface area contributed by atoms with Gasteiger partial charge in [0, 0.05) is 18.3 Å². The lowest BCUT2D eigenvalue weighted by molar-refractivity contribution is -0.135. The number of rotatable bonds is 6. The first-order valence-corrected chi connectivity index (χ1v) is 6.69. The minimum atomic E-state index is -4.23. The molecule has 9 heteroatoms. The van der Waals surface area contributed by atoms with Gasteiger partial charge in [0.2, 0.25) is 5.01 Å². The van der Waals surface area contributed by atoms with E-state index < -0.39 is 24.5 Å². The Balaban J connectivity index is 2.42. The number of halogens is 3. The van der Waals surface area contributed by atoms with Crippen molar-refractivity contribution in [3.63, 3.8) is 0 Å². The predicted octanol–water partition coefficient (Wildman–Crippen LogP) is 2.39. The Kier molecular flexibility index (Phi) is 5.93. The summed E-state index contributed by atoms with van der Waals surface area (Å²) in [4.78, 5) is 26.6. The number of hydrogen-bond donors (Lipinski definition) is 1. The molecule has 1 amide bonds. The lowest BCUT2D eigenvalue weighted by Crippen LogP contribution is -2.26. The molecule has 1 aromatic rings. The van der Waals surface area contributed by atoms with E-state index in [0.717, 1.165) is 11.3 Å². The van der Waals surface area contributed by atoms with E-state index in [9.17, 15) is 22.8 Å². The molecule has 0 atom stereocenters. The summed E-state index contributed by atoms with van der Waals surface area (Å²) in [6.45, 7) is 1.72. The topological polar surface area (TPSA) is 68.3 Å². The average Bonchev–Trinajstić information content (AvgIpc) is 2.83.